The Kier molecular flexibility index (Phi) is 5.56. The molecule has 1 saturated heterocycles. The van der Waals surface area contributed by atoms with Gasteiger partial charge < -0.3 is 15.0 Å². The smallest absolute Gasteiger partial charge is 0.265 e. The summed E-state index contributed by atoms with van der Waals surface area (Å²) >= 11 is 0. The van der Waals surface area contributed by atoms with Crippen molar-refractivity contribution in [1.82, 2.24) is 0 Å². The lowest BCUT2D eigenvalue weighted by Crippen LogP contribution is -2.32. The summed E-state index contributed by atoms with van der Waals surface area (Å²) in [5.74, 6) is 0.692. The molecule has 136 valence electrons. The van der Waals surface area contributed by atoms with E-state index in [9.17, 15) is 9.59 Å². The monoisotopic (exact) mass is 352 g/mol. The SMILES string of the molecule is CCC(Oc1ccccc1C)C(=O)Nc1ccc(N2CCCC2=O)cc1. The van der Waals surface area contributed by atoms with Gasteiger partial charge in [-0.05, 0) is 55.7 Å². The van der Waals surface area contributed by atoms with Crippen molar-refractivity contribution in [3.8, 4) is 5.75 Å². The standard InChI is InChI=1S/C21H24N2O3/c1-3-18(26-19-8-5-4-7-15(19)2)21(25)22-16-10-12-17(13-11-16)23-14-6-9-20(23)24/h4-5,7-8,10-13,18H,3,6,9,14H2,1-2H3,(H,22,25). The summed E-state index contributed by atoms with van der Waals surface area (Å²) in [6.45, 7) is 4.63. The molecule has 0 radical (unpaired) electrons. The van der Waals surface area contributed by atoms with Crippen molar-refractivity contribution in [3.05, 3.63) is 54.1 Å². The third kappa shape index (κ3) is 4.04. The Morgan fingerprint density at radius 3 is 2.54 bits per heavy atom. The molecule has 0 saturated carbocycles. The van der Waals surface area contributed by atoms with Crippen LogP contribution in [0.3, 0.4) is 0 Å². The van der Waals surface area contributed by atoms with Gasteiger partial charge in [0.1, 0.15) is 5.75 Å². The lowest BCUT2D eigenvalue weighted by atomic mass is 10.2. The molecule has 2 amide bonds. The normalized spacial score (nSPS) is 15.0. The van der Waals surface area contributed by atoms with Gasteiger partial charge in [0.05, 0.1) is 0 Å². The number of hydrogen-bond donors (Lipinski definition) is 1. The molecule has 1 unspecified atom stereocenters. The van der Waals surface area contributed by atoms with Crippen LogP contribution in [-0.4, -0.2) is 24.5 Å². The average molecular weight is 352 g/mol. The highest BCUT2D eigenvalue weighted by molar-refractivity contribution is 5.97. The van der Waals surface area contributed by atoms with E-state index in [-0.39, 0.29) is 11.8 Å². The molecule has 1 fully saturated rings. The molecule has 5 nitrogen and oxygen atoms in total. The quantitative estimate of drug-likeness (QED) is 0.857. The number of anilines is 2. The van der Waals surface area contributed by atoms with Gasteiger partial charge in [0.25, 0.3) is 5.91 Å². The van der Waals surface area contributed by atoms with E-state index in [4.69, 9.17) is 4.74 Å². The Balaban J connectivity index is 1.64. The Morgan fingerprint density at radius 2 is 1.92 bits per heavy atom. The minimum atomic E-state index is -0.559. The third-order valence-corrected chi connectivity index (χ3v) is 4.55. The summed E-state index contributed by atoms with van der Waals surface area (Å²) in [6.07, 6.45) is 1.51. The first-order chi connectivity index (χ1) is 12.6. The van der Waals surface area contributed by atoms with Crippen molar-refractivity contribution >= 4 is 23.2 Å². The van der Waals surface area contributed by atoms with E-state index in [1.54, 1.807) is 4.90 Å². The van der Waals surface area contributed by atoms with Gasteiger partial charge in [0, 0.05) is 24.3 Å². The number of carbonyl (C=O) groups excluding carboxylic acids is 2. The molecule has 26 heavy (non-hydrogen) atoms. The van der Waals surface area contributed by atoms with Gasteiger partial charge in [-0.1, -0.05) is 25.1 Å². The number of amides is 2. The number of aryl methyl sites for hydroxylation is 1. The molecule has 2 aromatic carbocycles. The van der Waals surface area contributed by atoms with E-state index < -0.39 is 6.10 Å². The highest BCUT2D eigenvalue weighted by Gasteiger charge is 2.22. The summed E-state index contributed by atoms with van der Waals surface area (Å²) in [5, 5.41) is 2.89. The molecular formula is C21H24N2O3. The number of nitrogens with one attached hydrogen (secondary N) is 1. The zero-order valence-corrected chi connectivity index (χ0v) is 15.2. The fourth-order valence-corrected chi connectivity index (χ4v) is 3.03. The second kappa shape index (κ2) is 8.04. The van der Waals surface area contributed by atoms with Gasteiger partial charge in [-0.25, -0.2) is 0 Å². The van der Waals surface area contributed by atoms with Crippen LogP contribution < -0.4 is 15.0 Å². The molecule has 0 spiro atoms. The molecule has 1 atom stereocenters. The second-order valence-electron chi connectivity index (χ2n) is 6.47. The van der Waals surface area contributed by atoms with Gasteiger partial charge >= 0.3 is 0 Å². The molecule has 2 aromatic rings. The Hall–Kier alpha value is -2.82. The number of para-hydroxylation sites is 1. The Bertz CT molecular complexity index is 786. The highest BCUT2D eigenvalue weighted by Crippen LogP contribution is 2.24. The van der Waals surface area contributed by atoms with Gasteiger partial charge in [0.15, 0.2) is 6.10 Å². The van der Waals surface area contributed by atoms with E-state index in [0.717, 1.165) is 30.0 Å². The molecular weight excluding hydrogens is 328 g/mol. The highest BCUT2D eigenvalue weighted by atomic mass is 16.5. The molecule has 1 heterocycles. The first kappa shape index (κ1) is 18.0. The van der Waals surface area contributed by atoms with Crippen LogP contribution >= 0.6 is 0 Å². The summed E-state index contributed by atoms with van der Waals surface area (Å²) in [5.41, 5.74) is 2.56. The predicted octanol–water partition coefficient (Wildman–Crippen LogP) is 3.92. The molecule has 0 bridgehead atoms. The van der Waals surface area contributed by atoms with Crippen molar-refractivity contribution in [2.45, 2.75) is 39.2 Å². The Morgan fingerprint density at radius 1 is 1.19 bits per heavy atom. The molecule has 3 rings (SSSR count). The van der Waals surface area contributed by atoms with E-state index in [2.05, 4.69) is 5.32 Å². The third-order valence-electron chi connectivity index (χ3n) is 4.55. The maximum Gasteiger partial charge on any atom is 0.265 e. The van der Waals surface area contributed by atoms with Gasteiger partial charge in [-0.2, -0.15) is 0 Å². The largest absolute Gasteiger partial charge is 0.480 e. The van der Waals surface area contributed by atoms with Crippen LogP contribution in [0.4, 0.5) is 11.4 Å². The lowest BCUT2D eigenvalue weighted by molar-refractivity contribution is -0.122. The average Bonchev–Trinajstić information content (AvgIpc) is 3.07. The second-order valence-corrected chi connectivity index (χ2v) is 6.47. The van der Waals surface area contributed by atoms with E-state index in [1.165, 1.54) is 0 Å². The number of carbonyl (C=O) groups is 2. The number of hydrogen-bond acceptors (Lipinski definition) is 3. The van der Waals surface area contributed by atoms with Crippen molar-refractivity contribution < 1.29 is 14.3 Å². The van der Waals surface area contributed by atoms with Crippen LogP contribution in [0.25, 0.3) is 0 Å². The van der Waals surface area contributed by atoms with Crippen LogP contribution in [0.2, 0.25) is 0 Å². The summed E-state index contributed by atoms with van der Waals surface area (Å²) in [4.78, 5) is 26.1. The van der Waals surface area contributed by atoms with Crippen molar-refractivity contribution in [3.63, 3.8) is 0 Å². The van der Waals surface area contributed by atoms with Crippen LogP contribution in [0.15, 0.2) is 48.5 Å². The van der Waals surface area contributed by atoms with Crippen molar-refractivity contribution in [2.24, 2.45) is 0 Å². The predicted molar refractivity (Wildman–Crippen MR) is 103 cm³/mol. The zero-order chi connectivity index (χ0) is 18.5. The van der Waals surface area contributed by atoms with Gasteiger partial charge in [0.2, 0.25) is 5.91 Å². The number of ether oxygens (including phenoxy) is 1. The summed E-state index contributed by atoms with van der Waals surface area (Å²) in [6, 6.07) is 15.0. The molecule has 1 aliphatic rings. The van der Waals surface area contributed by atoms with E-state index in [0.29, 0.717) is 18.5 Å². The summed E-state index contributed by atoms with van der Waals surface area (Å²) < 4.78 is 5.88. The molecule has 5 heteroatoms. The van der Waals surface area contributed by atoms with Crippen molar-refractivity contribution in [1.29, 1.82) is 0 Å². The maximum atomic E-state index is 12.6. The van der Waals surface area contributed by atoms with Crippen LogP contribution in [-0.2, 0) is 9.59 Å². The van der Waals surface area contributed by atoms with Crippen LogP contribution in [0, 0.1) is 6.92 Å². The number of benzene rings is 2. The van der Waals surface area contributed by atoms with Crippen LogP contribution in [0.1, 0.15) is 31.7 Å². The Labute approximate surface area is 154 Å². The zero-order valence-electron chi connectivity index (χ0n) is 15.2. The van der Waals surface area contributed by atoms with Crippen molar-refractivity contribution in [2.75, 3.05) is 16.8 Å². The van der Waals surface area contributed by atoms with E-state index >= 15 is 0 Å². The minimum Gasteiger partial charge on any atom is -0.480 e. The molecule has 0 aliphatic carbocycles. The minimum absolute atomic E-state index is 0.152. The maximum absolute atomic E-state index is 12.6. The first-order valence-corrected chi connectivity index (χ1v) is 9.02. The fourth-order valence-electron chi connectivity index (χ4n) is 3.03. The number of nitrogens with zero attached hydrogens (tertiary/aromatic N) is 1. The molecule has 1 N–H and O–H groups in total. The lowest BCUT2D eigenvalue weighted by Gasteiger charge is -2.19. The van der Waals surface area contributed by atoms with Gasteiger partial charge in [-0.15, -0.1) is 0 Å². The fraction of sp³-hybridized carbons (Fsp3) is 0.333. The van der Waals surface area contributed by atoms with Gasteiger partial charge in [-0.3, -0.25) is 9.59 Å². The number of rotatable bonds is 6. The summed E-state index contributed by atoms with van der Waals surface area (Å²) in [7, 11) is 0. The molecule has 0 aromatic heterocycles. The van der Waals surface area contributed by atoms with E-state index in [1.807, 2.05) is 62.4 Å². The van der Waals surface area contributed by atoms with Crippen LogP contribution in [0.5, 0.6) is 5.75 Å². The molecule has 1 aliphatic heterocycles. The topological polar surface area (TPSA) is 58.6 Å². The first-order valence-electron chi connectivity index (χ1n) is 9.02.